The monoisotopic (exact) mass is 279 g/mol. The van der Waals surface area contributed by atoms with Crippen LogP contribution in [0.5, 0.6) is 0 Å². The van der Waals surface area contributed by atoms with Gasteiger partial charge in [-0.05, 0) is 31.5 Å². The van der Waals surface area contributed by atoms with Gasteiger partial charge in [-0.3, -0.25) is 9.89 Å². The first-order valence-corrected chi connectivity index (χ1v) is 7.03. The summed E-state index contributed by atoms with van der Waals surface area (Å²) in [7, 11) is 0. The van der Waals surface area contributed by atoms with Crippen molar-refractivity contribution < 1.29 is 4.79 Å². The van der Waals surface area contributed by atoms with Crippen molar-refractivity contribution in [1.29, 1.82) is 0 Å². The first-order chi connectivity index (χ1) is 10.2. The first-order valence-electron chi connectivity index (χ1n) is 7.03. The van der Waals surface area contributed by atoms with Crippen LogP contribution in [0.2, 0.25) is 0 Å². The molecule has 4 nitrogen and oxygen atoms in total. The Labute approximate surface area is 123 Å². The smallest absolute Gasteiger partial charge is 0.279 e. The summed E-state index contributed by atoms with van der Waals surface area (Å²) < 4.78 is 0. The van der Waals surface area contributed by atoms with E-state index in [1.54, 1.807) is 4.90 Å². The minimum atomic E-state index is -0.0794. The molecule has 2 aromatic carbocycles. The van der Waals surface area contributed by atoms with E-state index in [-0.39, 0.29) is 5.91 Å². The topological polar surface area (TPSA) is 49.0 Å². The molecule has 1 N–H and O–H groups in total. The maximum Gasteiger partial charge on any atom is 0.279 e. The molecule has 0 saturated heterocycles. The molecule has 1 aromatic heterocycles. The average molecular weight is 279 g/mol. The number of aryl methyl sites for hydroxylation is 1. The van der Waals surface area contributed by atoms with Crippen LogP contribution in [0.15, 0.2) is 48.5 Å². The Morgan fingerprint density at radius 1 is 1.14 bits per heavy atom. The standard InChI is InChI=1S/C17H17N3O/c1-3-20(15-11-7-4-8-12(15)2)17(21)16-13-9-5-6-10-14(13)18-19-16/h4-11H,3H2,1-2H3,(H,18,19). The van der Waals surface area contributed by atoms with Gasteiger partial charge in [-0.25, -0.2) is 0 Å². The van der Waals surface area contributed by atoms with Crippen molar-refractivity contribution in [3.05, 3.63) is 59.8 Å². The van der Waals surface area contributed by atoms with Crippen molar-refractivity contribution in [2.75, 3.05) is 11.4 Å². The van der Waals surface area contributed by atoms with E-state index in [2.05, 4.69) is 10.2 Å². The fourth-order valence-electron chi connectivity index (χ4n) is 2.54. The molecule has 3 rings (SSSR count). The van der Waals surface area contributed by atoms with E-state index >= 15 is 0 Å². The minimum absolute atomic E-state index is 0.0794. The maximum atomic E-state index is 12.8. The number of amides is 1. The lowest BCUT2D eigenvalue weighted by Crippen LogP contribution is -2.31. The molecule has 0 saturated carbocycles. The van der Waals surface area contributed by atoms with Crippen LogP contribution >= 0.6 is 0 Å². The summed E-state index contributed by atoms with van der Waals surface area (Å²) in [6.07, 6.45) is 0. The Hall–Kier alpha value is -2.62. The molecule has 0 fully saturated rings. The average Bonchev–Trinajstić information content (AvgIpc) is 2.93. The number of anilines is 1. The molecule has 106 valence electrons. The third-order valence-corrected chi connectivity index (χ3v) is 3.64. The molecule has 0 aliphatic rings. The van der Waals surface area contributed by atoms with Gasteiger partial charge in [0.2, 0.25) is 0 Å². The predicted octanol–water partition coefficient (Wildman–Crippen LogP) is 3.54. The lowest BCUT2D eigenvalue weighted by atomic mass is 10.1. The van der Waals surface area contributed by atoms with Crippen LogP contribution in [0.4, 0.5) is 5.69 Å². The van der Waals surface area contributed by atoms with E-state index in [9.17, 15) is 4.79 Å². The number of aromatic amines is 1. The fourth-order valence-corrected chi connectivity index (χ4v) is 2.54. The van der Waals surface area contributed by atoms with Crippen molar-refractivity contribution in [3.63, 3.8) is 0 Å². The largest absolute Gasteiger partial charge is 0.307 e. The SMILES string of the molecule is CCN(C(=O)c1n[nH]c2ccccc12)c1ccccc1C. The zero-order valence-electron chi connectivity index (χ0n) is 12.1. The third-order valence-electron chi connectivity index (χ3n) is 3.64. The molecule has 4 heteroatoms. The van der Waals surface area contributed by atoms with Gasteiger partial charge in [0.05, 0.1) is 5.52 Å². The summed E-state index contributed by atoms with van der Waals surface area (Å²) >= 11 is 0. The molecule has 1 amide bonds. The quantitative estimate of drug-likeness (QED) is 0.797. The summed E-state index contributed by atoms with van der Waals surface area (Å²) in [5.41, 5.74) is 3.35. The number of hydrogen-bond donors (Lipinski definition) is 1. The van der Waals surface area contributed by atoms with Gasteiger partial charge < -0.3 is 4.90 Å². The summed E-state index contributed by atoms with van der Waals surface area (Å²) in [5.74, 6) is -0.0794. The van der Waals surface area contributed by atoms with Gasteiger partial charge >= 0.3 is 0 Å². The van der Waals surface area contributed by atoms with Crippen molar-refractivity contribution >= 4 is 22.5 Å². The number of benzene rings is 2. The van der Waals surface area contributed by atoms with Crippen LogP contribution in [0.3, 0.4) is 0 Å². The summed E-state index contributed by atoms with van der Waals surface area (Å²) in [5, 5.41) is 7.98. The van der Waals surface area contributed by atoms with Gasteiger partial charge in [-0.1, -0.05) is 36.4 Å². The Morgan fingerprint density at radius 3 is 2.62 bits per heavy atom. The second-order valence-corrected chi connectivity index (χ2v) is 4.95. The summed E-state index contributed by atoms with van der Waals surface area (Å²) in [6, 6.07) is 15.6. The Kier molecular flexibility index (Phi) is 3.44. The van der Waals surface area contributed by atoms with Gasteiger partial charge in [-0.15, -0.1) is 0 Å². The number of H-pyrrole nitrogens is 1. The van der Waals surface area contributed by atoms with Gasteiger partial charge in [0.15, 0.2) is 5.69 Å². The molecular formula is C17H17N3O. The van der Waals surface area contributed by atoms with Crippen LogP contribution in [-0.2, 0) is 0 Å². The number of fused-ring (bicyclic) bond motifs is 1. The number of para-hydroxylation sites is 2. The number of hydrogen-bond acceptors (Lipinski definition) is 2. The van der Waals surface area contributed by atoms with Crippen molar-refractivity contribution in [3.8, 4) is 0 Å². The summed E-state index contributed by atoms with van der Waals surface area (Å²) in [4.78, 5) is 14.6. The van der Waals surface area contributed by atoms with E-state index in [1.807, 2.05) is 62.4 Å². The van der Waals surface area contributed by atoms with Crippen molar-refractivity contribution in [1.82, 2.24) is 10.2 Å². The lowest BCUT2D eigenvalue weighted by molar-refractivity contribution is 0.0985. The normalized spacial score (nSPS) is 10.8. The van der Waals surface area contributed by atoms with Crippen LogP contribution < -0.4 is 4.90 Å². The number of rotatable bonds is 3. The van der Waals surface area contributed by atoms with Crippen LogP contribution in [0, 0.1) is 6.92 Å². The molecule has 21 heavy (non-hydrogen) atoms. The Bertz CT molecular complexity index is 791. The van der Waals surface area contributed by atoms with Crippen LogP contribution in [0.25, 0.3) is 10.9 Å². The predicted molar refractivity (Wildman–Crippen MR) is 84.6 cm³/mol. The zero-order chi connectivity index (χ0) is 14.8. The van der Waals surface area contributed by atoms with Gasteiger partial charge in [-0.2, -0.15) is 5.10 Å². The highest BCUT2D eigenvalue weighted by Gasteiger charge is 2.21. The molecule has 0 aliphatic carbocycles. The van der Waals surface area contributed by atoms with E-state index in [0.717, 1.165) is 22.2 Å². The lowest BCUT2D eigenvalue weighted by Gasteiger charge is -2.22. The molecule has 0 aliphatic heterocycles. The third kappa shape index (κ3) is 2.29. The highest BCUT2D eigenvalue weighted by atomic mass is 16.2. The molecule has 0 spiro atoms. The number of aromatic nitrogens is 2. The fraction of sp³-hybridized carbons (Fsp3) is 0.176. The molecular weight excluding hydrogens is 262 g/mol. The number of nitrogens with one attached hydrogen (secondary N) is 1. The van der Waals surface area contributed by atoms with E-state index in [0.29, 0.717) is 12.2 Å². The van der Waals surface area contributed by atoms with Crippen LogP contribution in [0.1, 0.15) is 23.0 Å². The number of carbonyl (C=O) groups excluding carboxylic acids is 1. The van der Waals surface area contributed by atoms with Gasteiger partial charge in [0.25, 0.3) is 5.91 Å². The second-order valence-electron chi connectivity index (χ2n) is 4.95. The van der Waals surface area contributed by atoms with Gasteiger partial charge in [0, 0.05) is 17.6 Å². The van der Waals surface area contributed by atoms with E-state index in [1.165, 1.54) is 0 Å². The first kappa shape index (κ1) is 13.4. The summed E-state index contributed by atoms with van der Waals surface area (Å²) in [6.45, 7) is 4.58. The van der Waals surface area contributed by atoms with Crippen LogP contribution in [-0.4, -0.2) is 22.6 Å². The Balaban J connectivity index is 2.06. The Morgan fingerprint density at radius 2 is 1.86 bits per heavy atom. The number of nitrogens with zero attached hydrogens (tertiary/aromatic N) is 2. The second kappa shape index (κ2) is 5.40. The molecule has 1 heterocycles. The highest BCUT2D eigenvalue weighted by molar-refractivity contribution is 6.12. The molecule has 0 unspecified atom stereocenters. The van der Waals surface area contributed by atoms with E-state index < -0.39 is 0 Å². The highest BCUT2D eigenvalue weighted by Crippen LogP contribution is 2.23. The molecule has 0 atom stereocenters. The van der Waals surface area contributed by atoms with Crippen molar-refractivity contribution in [2.24, 2.45) is 0 Å². The van der Waals surface area contributed by atoms with Gasteiger partial charge in [0.1, 0.15) is 0 Å². The van der Waals surface area contributed by atoms with Crippen molar-refractivity contribution in [2.45, 2.75) is 13.8 Å². The zero-order valence-corrected chi connectivity index (χ0v) is 12.1. The minimum Gasteiger partial charge on any atom is -0.307 e. The molecule has 0 bridgehead atoms. The maximum absolute atomic E-state index is 12.8. The molecule has 3 aromatic rings. The van der Waals surface area contributed by atoms with E-state index in [4.69, 9.17) is 0 Å². The molecule has 0 radical (unpaired) electrons. The number of carbonyl (C=O) groups is 1.